The Morgan fingerprint density at radius 2 is 0.131 bits per heavy atom. The van der Waals surface area contributed by atoms with Gasteiger partial charge in [0.2, 0.25) is 0 Å². The van der Waals surface area contributed by atoms with E-state index in [2.05, 4.69) is 0 Å². The van der Waals surface area contributed by atoms with Gasteiger partial charge in [-0.15, -0.1) is 0 Å². The van der Waals surface area contributed by atoms with Crippen LogP contribution in [0.4, 0.5) is 0 Å². The molecule has 0 aliphatic heterocycles. The van der Waals surface area contributed by atoms with Gasteiger partial charge in [0.05, 0.1) is 0 Å². The summed E-state index contributed by atoms with van der Waals surface area (Å²) in [4.78, 5) is 282. The first-order valence-electron chi connectivity index (χ1n) is 8.03. The maximum absolute atomic E-state index is 8.55. The third-order valence-corrected chi connectivity index (χ3v) is 0. The first-order valence-corrected chi connectivity index (χ1v) is 24.1. The molecule has 0 bridgehead atoms. The fourth-order valence-corrected chi connectivity index (χ4v) is 0. The Morgan fingerprint density at radius 1 is 0.131 bits per heavy atom. The summed E-state index contributed by atoms with van der Waals surface area (Å²) in [6, 6.07) is 0. The molecule has 0 heterocycles. The maximum atomic E-state index is 8.55. The summed E-state index contributed by atoms with van der Waals surface area (Å²) in [6.45, 7) is 0. The van der Waals surface area contributed by atoms with Crippen molar-refractivity contribution in [1.82, 2.24) is 0 Å². The zero-order valence-corrected chi connectivity index (χ0v) is 45.5. The van der Waals surface area contributed by atoms with E-state index < -0.39 is 86.0 Å². The minimum Gasteiger partial charge on any atom is -0.822 e. The van der Waals surface area contributed by atoms with Gasteiger partial charge in [-0.25, -0.2) is 0 Å². The molecule has 0 aromatic rings. The molecular weight excluding hydrogens is 1490 g/mol. The predicted molar refractivity (Wildman–Crippen MR) is 83.7 cm³/mol. The Balaban J connectivity index is -0.0000000230. The minimum atomic E-state index is -5.39. The van der Waals surface area contributed by atoms with Crippen molar-refractivity contribution in [2.45, 2.75) is 0 Å². The van der Waals surface area contributed by atoms with Crippen LogP contribution in [0.2, 0.25) is 0 Å². The molecule has 61 heavy (non-hydrogen) atoms. The van der Waals surface area contributed by atoms with Crippen LogP contribution < -0.4 is 161 Å². The molecule has 0 N–H and O–H groups in total. The van der Waals surface area contributed by atoms with Crippen molar-refractivity contribution in [3.63, 3.8) is 0 Å². The van der Waals surface area contributed by atoms with Crippen LogP contribution in [0.15, 0.2) is 0 Å². The molecule has 0 amide bonds. The van der Waals surface area contributed by atoms with E-state index in [0.29, 0.717) is 0 Å². The Hall–Kier alpha value is 5.03. The summed E-state index contributed by atoms with van der Waals surface area (Å²) in [7, 11) is -59.3. The SMILES string of the molecule is O=P([O-])([O-])[O-].O=P([O-])([O-])[O-].O=P([O-])([O-])[O-].O=P([O-])([O-])[O-].O=P([O-])([O-])[O-].O=P([O-])([O-])[O-].O=P([O-])([O-])[O-].O=P([O-])([O-])[O-].O=P([O-])([O-])[O-].O=P([O-])([O-])[O-].O=P([O-])([O-])[O-].[Mo].[Mo].[Mo].[V].[V].[V]. The topological polar surface area (TPSA) is 949 Å². The Bertz CT molecular complexity index is 962. The van der Waals surface area contributed by atoms with E-state index in [1.807, 2.05) is 0 Å². The number of hydrogen-bond donors (Lipinski definition) is 0. The Kier molecular flexibility index (Phi) is 101. The molecule has 3 radical (unpaired) electrons. The Labute approximate surface area is 413 Å². The fourth-order valence-electron chi connectivity index (χ4n) is 0. The van der Waals surface area contributed by atoms with Crippen molar-refractivity contribution in [3.05, 3.63) is 0 Å². The quantitative estimate of drug-likeness (QED) is 0.160. The van der Waals surface area contributed by atoms with Crippen molar-refractivity contribution in [3.8, 4) is 0 Å². The molecule has 0 aromatic carbocycles. The van der Waals surface area contributed by atoms with Crippen molar-refractivity contribution >= 4 is 86.0 Å². The van der Waals surface area contributed by atoms with Crippen molar-refractivity contribution in [2.75, 3.05) is 0 Å². The van der Waals surface area contributed by atoms with Gasteiger partial charge in [-0.05, 0) is 0 Å². The van der Waals surface area contributed by atoms with Gasteiger partial charge in [0.25, 0.3) is 0 Å². The average molecular weight is 1490 g/mol. The molecule has 0 aliphatic carbocycles. The van der Waals surface area contributed by atoms with Gasteiger partial charge in [0, 0.05) is 119 Å². The zero-order valence-electron chi connectivity index (χ0n) is 25.4. The van der Waals surface area contributed by atoms with E-state index in [9.17, 15) is 0 Å². The van der Waals surface area contributed by atoms with Gasteiger partial charge in [-0.2, -0.15) is 86.0 Å². The van der Waals surface area contributed by atoms with E-state index in [1.54, 1.807) is 0 Å². The molecule has 0 atom stereocenters. The standard InChI is InChI=1S/3Mo.11H3O4P.3V/c;;;11*1-5(2,3)4;;;/h;;;11*(H3,1,2,3,4);;;/p-33. The molecule has 0 aromatic heterocycles. The molecule has 61 heteroatoms. The summed E-state index contributed by atoms with van der Waals surface area (Å²) in [6.07, 6.45) is 0. The zero-order chi connectivity index (χ0) is 49.5. The van der Waals surface area contributed by atoms with Crippen LogP contribution >= 0.6 is 86.0 Å². The van der Waals surface area contributed by atoms with Gasteiger partial charge >= 0.3 is 0 Å². The van der Waals surface area contributed by atoms with Crippen LogP contribution in [0.3, 0.4) is 0 Å². The van der Waals surface area contributed by atoms with Crippen molar-refractivity contribution in [2.24, 2.45) is 0 Å². The van der Waals surface area contributed by atoms with E-state index in [0.717, 1.165) is 0 Å². The summed E-state index contributed by atoms with van der Waals surface area (Å²) in [5.74, 6) is 0. The third-order valence-electron chi connectivity index (χ3n) is 0. The monoisotopic (exact) mass is 1490 g/mol. The summed E-state index contributed by atoms with van der Waals surface area (Å²) < 4.78 is 94.0. The molecule has 0 fully saturated rings. The van der Waals surface area contributed by atoms with Crippen molar-refractivity contribution < 1.29 is 331 Å². The smallest absolute Gasteiger partial charge is 0 e. The van der Waals surface area contributed by atoms with Crippen LogP contribution in [0.5, 0.6) is 0 Å². The van der Waals surface area contributed by atoms with E-state index in [4.69, 9.17) is 212 Å². The van der Waals surface area contributed by atoms with Crippen LogP contribution in [-0.2, 0) is 169 Å². The molecule has 0 saturated heterocycles. The molecule has 0 saturated carbocycles. The largest absolute Gasteiger partial charge is 0.822 e. The van der Waals surface area contributed by atoms with E-state index >= 15 is 0 Å². The first-order chi connectivity index (χ1) is 22.0. The van der Waals surface area contributed by atoms with Crippen LogP contribution in [0.25, 0.3) is 0 Å². The third kappa shape index (κ3) is 10200. The second-order valence-corrected chi connectivity index (χ2v) is 14.8. The normalized spacial score (nSPS) is 10.6. The van der Waals surface area contributed by atoms with E-state index in [-0.39, 0.29) is 119 Å². The summed E-state index contributed by atoms with van der Waals surface area (Å²) in [5.41, 5.74) is 0. The van der Waals surface area contributed by atoms with Gasteiger partial charge in [-0.1, -0.05) is 0 Å². The fraction of sp³-hybridized carbons (Fsp3) is 0. The molecule has 0 aliphatic rings. The molecule has 0 rings (SSSR count). The van der Waals surface area contributed by atoms with Crippen LogP contribution in [-0.4, -0.2) is 0 Å². The summed E-state index contributed by atoms with van der Waals surface area (Å²) in [5, 5.41) is 0. The van der Waals surface area contributed by atoms with Crippen LogP contribution in [0, 0.1) is 0 Å². The van der Waals surface area contributed by atoms with Gasteiger partial charge in [0.1, 0.15) is 0 Å². The number of rotatable bonds is 0. The average Bonchev–Trinajstić information content (AvgIpc) is 2.41. The Morgan fingerprint density at radius 3 is 0.131 bits per heavy atom. The molecule has 0 spiro atoms. The van der Waals surface area contributed by atoms with E-state index in [1.165, 1.54) is 0 Å². The predicted octanol–water partition coefficient (Wildman–Crippen LogP) is -31.1. The maximum Gasteiger partial charge on any atom is 0 e. The molecule has 0 unspecified atom stereocenters. The number of phosphoric acid groups is 11. The number of hydrogen-bond acceptors (Lipinski definition) is 44. The van der Waals surface area contributed by atoms with Gasteiger partial charge < -0.3 is 212 Å². The molecule has 44 nitrogen and oxygen atoms in total. The second-order valence-electron chi connectivity index (χ2n) is 4.92. The molecule has 385 valence electrons. The van der Waals surface area contributed by atoms with Gasteiger partial charge in [0.15, 0.2) is 0 Å². The first kappa shape index (κ1) is 116. The van der Waals surface area contributed by atoms with Gasteiger partial charge in [-0.3, -0.25) is 0 Å². The molecular formula is Mo3O44P11V3-33. The van der Waals surface area contributed by atoms with Crippen molar-refractivity contribution in [1.29, 1.82) is 0 Å². The minimum absolute atomic E-state index is 0. The summed E-state index contributed by atoms with van der Waals surface area (Å²) >= 11 is 0. The van der Waals surface area contributed by atoms with Crippen LogP contribution in [0.1, 0.15) is 0 Å². The second kappa shape index (κ2) is 52.8.